The van der Waals surface area contributed by atoms with E-state index in [1.165, 1.54) is 0 Å². The molecule has 1 N–H and O–H groups in total. The molecule has 1 heterocycles. The lowest BCUT2D eigenvalue weighted by Crippen LogP contribution is -2.25. The molecule has 1 atom stereocenters. The lowest BCUT2D eigenvalue weighted by molar-refractivity contribution is 0.103. The Labute approximate surface area is 137 Å². The van der Waals surface area contributed by atoms with Crippen LogP contribution in [0.5, 0.6) is 5.75 Å². The van der Waals surface area contributed by atoms with Gasteiger partial charge in [0.2, 0.25) is 0 Å². The fourth-order valence-electron chi connectivity index (χ4n) is 3.00. The second-order valence-electron chi connectivity index (χ2n) is 5.35. The molecule has 0 radical (unpaired) electrons. The van der Waals surface area contributed by atoms with Crippen molar-refractivity contribution in [1.29, 1.82) is 0 Å². The number of Topliss-reactive ketones (excluding diaryl/α,β-unsaturated/α-hetero) is 1. The highest BCUT2D eigenvalue weighted by molar-refractivity contribution is 8.14. The smallest absolute Gasteiger partial charge is 0.284 e. The van der Waals surface area contributed by atoms with Crippen LogP contribution in [0.25, 0.3) is 5.70 Å². The zero-order valence-corrected chi connectivity index (χ0v) is 13.1. The first kappa shape index (κ1) is 14.1. The van der Waals surface area contributed by atoms with Crippen LogP contribution < -0.4 is 10.1 Å². The largest absolute Gasteiger partial charge is 0.497 e. The first-order valence-electron chi connectivity index (χ1n) is 7.19. The number of carbonyl (C=O) groups excluding carboxylic acids is 2. The fourth-order valence-corrected chi connectivity index (χ4v) is 4.01. The molecule has 4 rings (SSSR count). The third-order valence-corrected chi connectivity index (χ3v) is 5.15. The Balaban J connectivity index is 1.84. The molecule has 2 aromatic carbocycles. The molecule has 2 aliphatic rings. The molecule has 1 amide bonds. The lowest BCUT2D eigenvalue weighted by Gasteiger charge is -2.24. The minimum Gasteiger partial charge on any atom is -0.497 e. The van der Waals surface area contributed by atoms with Crippen LogP contribution in [0.15, 0.2) is 54.1 Å². The summed E-state index contributed by atoms with van der Waals surface area (Å²) in [6, 6.07) is 14.9. The first-order valence-corrected chi connectivity index (χ1v) is 8.07. The van der Waals surface area contributed by atoms with Crippen molar-refractivity contribution in [3.05, 3.63) is 70.8 Å². The number of amides is 1. The van der Waals surface area contributed by atoms with Gasteiger partial charge in [-0.2, -0.15) is 0 Å². The summed E-state index contributed by atoms with van der Waals surface area (Å²) >= 11 is 1.13. The van der Waals surface area contributed by atoms with Gasteiger partial charge in [-0.3, -0.25) is 9.59 Å². The monoisotopic (exact) mass is 323 g/mol. The van der Waals surface area contributed by atoms with Crippen LogP contribution in [-0.4, -0.2) is 18.1 Å². The van der Waals surface area contributed by atoms with Gasteiger partial charge in [0, 0.05) is 16.7 Å². The summed E-state index contributed by atoms with van der Waals surface area (Å²) in [5.41, 5.74) is 3.67. The molecule has 0 fully saturated rings. The highest BCUT2D eigenvalue weighted by Crippen LogP contribution is 2.48. The highest BCUT2D eigenvalue weighted by Gasteiger charge is 2.40. The van der Waals surface area contributed by atoms with Crippen molar-refractivity contribution in [3.63, 3.8) is 0 Å². The van der Waals surface area contributed by atoms with Gasteiger partial charge in [0.25, 0.3) is 5.24 Å². The number of methoxy groups -OCH3 is 1. The predicted molar refractivity (Wildman–Crippen MR) is 89.6 cm³/mol. The van der Waals surface area contributed by atoms with E-state index in [0.29, 0.717) is 16.8 Å². The number of ether oxygens (including phenoxy) is 1. The number of carbonyl (C=O) groups is 2. The van der Waals surface area contributed by atoms with E-state index in [4.69, 9.17) is 4.74 Å². The van der Waals surface area contributed by atoms with E-state index in [-0.39, 0.29) is 16.3 Å². The van der Waals surface area contributed by atoms with Crippen molar-refractivity contribution in [3.8, 4) is 5.75 Å². The van der Waals surface area contributed by atoms with Crippen molar-refractivity contribution < 1.29 is 14.3 Å². The van der Waals surface area contributed by atoms with Gasteiger partial charge in [-0.05, 0) is 17.7 Å². The van der Waals surface area contributed by atoms with Crippen molar-refractivity contribution in [2.45, 2.75) is 5.25 Å². The molecule has 114 valence electrons. The van der Waals surface area contributed by atoms with Crippen LogP contribution in [0, 0.1) is 0 Å². The summed E-state index contributed by atoms with van der Waals surface area (Å²) in [7, 11) is 1.61. The molecule has 0 aromatic heterocycles. The second kappa shape index (κ2) is 5.28. The molecule has 0 saturated heterocycles. The Morgan fingerprint density at radius 3 is 2.39 bits per heavy atom. The predicted octanol–water partition coefficient (Wildman–Crippen LogP) is 3.80. The summed E-state index contributed by atoms with van der Waals surface area (Å²) in [6.45, 7) is 0. The molecule has 4 nitrogen and oxygen atoms in total. The van der Waals surface area contributed by atoms with Gasteiger partial charge in [0.15, 0.2) is 5.78 Å². The van der Waals surface area contributed by atoms with E-state index >= 15 is 0 Å². The van der Waals surface area contributed by atoms with Crippen LogP contribution in [0.2, 0.25) is 0 Å². The van der Waals surface area contributed by atoms with Crippen molar-refractivity contribution in [2.75, 3.05) is 7.11 Å². The van der Waals surface area contributed by atoms with E-state index in [0.717, 1.165) is 28.6 Å². The highest BCUT2D eigenvalue weighted by atomic mass is 32.2. The molecule has 2 aromatic rings. The summed E-state index contributed by atoms with van der Waals surface area (Å²) in [5.74, 6) is 0.734. The minimum absolute atomic E-state index is 0.0103. The second-order valence-corrected chi connectivity index (χ2v) is 6.42. The van der Waals surface area contributed by atoms with Crippen LogP contribution in [-0.2, 0) is 0 Å². The number of ketones is 1. The van der Waals surface area contributed by atoms with Gasteiger partial charge < -0.3 is 10.1 Å². The average molecular weight is 323 g/mol. The molecule has 0 bridgehead atoms. The molecule has 0 saturated carbocycles. The standard InChI is InChI=1S/C18H13NO3S/c1-22-11-8-6-10(7-9-11)17-14-15(19-18(21)23-17)12-4-2-3-5-13(12)16(14)20/h2-9,17H,1H3,(H,19,21)/t17-/m1/s1. The number of thioether (sulfide) groups is 1. The number of benzene rings is 2. The fraction of sp³-hybridized carbons (Fsp3) is 0.111. The van der Waals surface area contributed by atoms with Crippen molar-refractivity contribution >= 4 is 28.5 Å². The number of hydrogen-bond donors (Lipinski definition) is 1. The van der Waals surface area contributed by atoms with Gasteiger partial charge in [-0.15, -0.1) is 0 Å². The maximum absolute atomic E-state index is 12.8. The van der Waals surface area contributed by atoms with Gasteiger partial charge in [0.05, 0.1) is 18.1 Å². The molecule has 1 aliphatic heterocycles. The number of fused-ring (bicyclic) bond motifs is 2. The average Bonchev–Trinajstić information content (AvgIpc) is 2.87. The van der Waals surface area contributed by atoms with E-state index in [2.05, 4.69) is 5.32 Å². The van der Waals surface area contributed by atoms with Gasteiger partial charge in [-0.1, -0.05) is 48.2 Å². The molecule has 23 heavy (non-hydrogen) atoms. The summed E-state index contributed by atoms with van der Waals surface area (Å²) in [6.07, 6.45) is 0. The Bertz CT molecular complexity index is 855. The van der Waals surface area contributed by atoms with Crippen LogP contribution in [0.1, 0.15) is 26.7 Å². The zero-order valence-electron chi connectivity index (χ0n) is 12.3. The summed E-state index contributed by atoms with van der Waals surface area (Å²) in [5, 5.41) is 2.40. The Kier molecular flexibility index (Phi) is 3.23. The van der Waals surface area contributed by atoms with Crippen LogP contribution >= 0.6 is 11.8 Å². The van der Waals surface area contributed by atoms with E-state index in [9.17, 15) is 9.59 Å². The minimum atomic E-state index is -0.301. The maximum Gasteiger partial charge on any atom is 0.284 e. The quantitative estimate of drug-likeness (QED) is 0.913. The first-order chi connectivity index (χ1) is 11.2. The van der Waals surface area contributed by atoms with Crippen molar-refractivity contribution in [2.24, 2.45) is 0 Å². The normalized spacial score (nSPS) is 19.3. The van der Waals surface area contributed by atoms with E-state index < -0.39 is 0 Å². The molecular weight excluding hydrogens is 310 g/mol. The molecule has 1 aliphatic carbocycles. The topological polar surface area (TPSA) is 55.4 Å². The van der Waals surface area contributed by atoms with Crippen LogP contribution in [0.3, 0.4) is 0 Å². The molecular formula is C18H13NO3S. The number of rotatable bonds is 2. The number of nitrogens with one attached hydrogen (secondary N) is 1. The molecule has 0 spiro atoms. The molecule has 0 unspecified atom stereocenters. The van der Waals surface area contributed by atoms with Gasteiger partial charge in [-0.25, -0.2) is 0 Å². The lowest BCUT2D eigenvalue weighted by atomic mass is 10.0. The van der Waals surface area contributed by atoms with Gasteiger partial charge >= 0.3 is 0 Å². The summed E-state index contributed by atoms with van der Waals surface area (Å²) < 4.78 is 5.17. The Hall–Kier alpha value is -2.53. The maximum atomic E-state index is 12.8. The third-order valence-electron chi connectivity index (χ3n) is 4.09. The third kappa shape index (κ3) is 2.16. The summed E-state index contributed by atoms with van der Waals surface area (Å²) in [4.78, 5) is 24.9. The van der Waals surface area contributed by atoms with E-state index in [1.807, 2.05) is 42.5 Å². The Morgan fingerprint density at radius 2 is 1.70 bits per heavy atom. The molecule has 5 heteroatoms. The Morgan fingerprint density at radius 1 is 1.00 bits per heavy atom. The van der Waals surface area contributed by atoms with Gasteiger partial charge in [0.1, 0.15) is 5.75 Å². The van der Waals surface area contributed by atoms with Crippen LogP contribution in [0.4, 0.5) is 4.79 Å². The number of hydrogen-bond acceptors (Lipinski definition) is 4. The SMILES string of the molecule is COc1ccc([C@H]2SC(=O)NC3=C2C(=O)c2ccccc23)cc1. The van der Waals surface area contributed by atoms with E-state index in [1.54, 1.807) is 13.2 Å². The van der Waals surface area contributed by atoms with Crippen molar-refractivity contribution in [1.82, 2.24) is 5.32 Å². The zero-order chi connectivity index (χ0) is 16.0.